The molecule has 8 atom stereocenters. The van der Waals surface area contributed by atoms with Crippen molar-refractivity contribution in [3.63, 3.8) is 0 Å². The van der Waals surface area contributed by atoms with Crippen LogP contribution in [0.2, 0.25) is 0 Å². The Kier molecular flexibility index (Phi) is 5.15. The highest BCUT2D eigenvalue weighted by Gasteiger charge is 2.61. The van der Waals surface area contributed by atoms with Gasteiger partial charge in [-0.15, -0.1) is 11.6 Å². The topological polar surface area (TPSA) is 93.1 Å². The van der Waals surface area contributed by atoms with Gasteiger partial charge in [-0.25, -0.2) is 9.59 Å². The maximum absolute atomic E-state index is 12.8. The molecular formula is C20H29ClO6. The predicted molar refractivity (Wildman–Crippen MR) is 99.0 cm³/mol. The number of rotatable bonds is 3. The van der Waals surface area contributed by atoms with Crippen molar-refractivity contribution in [1.29, 1.82) is 0 Å². The first-order valence-corrected chi connectivity index (χ1v) is 10.0. The van der Waals surface area contributed by atoms with Gasteiger partial charge in [-0.05, 0) is 51.9 Å². The predicted octanol–water partition coefficient (Wildman–Crippen LogP) is 2.34. The summed E-state index contributed by atoms with van der Waals surface area (Å²) in [6.07, 6.45) is 0.384. The van der Waals surface area contributed by atoms with Gasteiger partial charge in [0.1, 0.15) is 12.2 Å². The van der Waals surface area contributed by atoms with Crippen LogP contribution >= 0.6 is 11.6 Å². The van der Waals surface area contributed by atoms with Crippen LogP contribution in [0.1, 0.15) is 53.9 Å². The van der Waals surface area contributed by atoms with Gasteiger partial charge < -0.3 is 19.7 Å². The molecule has 0 amide bonds. The lowest BCUT2D eigenvalue weighted by Gasteiger charge is -2.56. The van der Waals surface area contributed by atoms with E-state index in [1.54, 1.807) is 6.92 Å². The maximum atomic E-state index is 12.8. The number of fused-ring (bicyclic) bond motifs is 2. The van der Waals surface area contributed by atoms with Crippen molar-refractivity contribution in [2.24, 2.45) is 17.3 Å². The molecule has 152 valence electrons. The van der Waals surface area contributed by atoms with Crippen LogP contribution in [0, 0.1) is 17.3 Å². The van der Waals surface area contributed by atoms with E-state index in [-0.39, 0.29) is 11.8 Å². The number of halogens is 1. The van der Waals surface area contributed by atoms with Gasteiger partial charge in [-0.1, -0.05) is 13.8 Å². The first-order chi connectivity index (χ1) is 12.4. The van der Waals surface area contributed by atoms with Crippen molar-refractivity contribution in [3.8, 4) is 0 Å². The smallest absolute Gasteiger partial charge is 0.339 e. The molecule has 2 N–H and O–H groups in total. The van der Waals surface area contributed by atoms with Gasteiger partial charge in [0.2, 0.25) is 0 Å². The zero-order valence-electron chi connectivity index (χ0n) is 16.5. The largest absolute Gasteiger partial charge is 0.455 e. The highest BCUT2D eigenvalue weighted by atomic mass is 35.5. The molecule has 2 saturated carbocycles. The molecule has 27 heavy (non-hydrogen) atoms. The minimum absolute atomic E-state index is 0.125. The molecule has 1 heterocycles. The molecule has 0 bridgehead atoms. The van der Waals surface area contributed by atoms with E-state index in [1.807, 2.05) is 13.8 Å². The Morgan fingerprint density at radius 2 is 2.07 bits per heavy atom. The highest BCUT2D eigenvalue weighted by Crippen LogP contribution is 2.58. The monoisotopic (exact) mass is 400 g/mol. The Balaban J connectivity index is 2.06. The lowest BCUT2D eigenvalue weighted by molar-refractivity contribution is -0.192. The van der Waals surface area contributed by atoms with Gasteiger partial charge in [0, 0.05) is 16.6 Å². The molecule has 0 aromatic heterocycles. The molecule has 0 radical (unpaired) electrons. The fraction of sp³-hybridized carbons (Fsp3) is 0.800. The summed E-state index contributed by atoms with van der Waals surface area (Å²) >= 11 is 5.99. The first-order valence-electron chi connectivity index (χ1n) is 9.59. The lowest BCUT2D eigenvalue weighted by Crippen LogP contribution is -2.59. The second kappa shape index (κ2) is 6.75. The van der Waals surface area contributed by atoms with Crippen LogP contribution < -0.4 is 0 Å². The Hall–Kier alpha value is -1.11. The molecule has 3 aliphatic rings. The number of esters is 2. The molecule has 0 aromatic rings. The summed E-state index contributed by atoms with van der Waals surface area (Å²) in [5.74, 6) is -1.25. The van der Waals surface area contributed by atoms with E-state index in [4.69, 9.17) is 21.1 Å². The molecular weight excluding hydrogens is 372 g/mol. The van der Waals surface area contributed by atoms with Crippen LogP contribution in [0.4, 0.5) is 0 Å². The van der Waals surface area contributed by atoms with Crippen molar-refractivity contribution < 1.29 is 29.3 Å². The van der Waals surface area contributed by atoms with E-state index >= 15 is 0 Å². The SMILES string of the molecule is CC1=C2C(CC3CCC(O)C(C)C3(C)C2OC(=O)C(C)(O)C(C)Cl)OC1=O. The van der Waals surface area contributed by atoms with Gasteiger partial charge >= 0.3 is 11.9 Å². The second-order valence-corrected chi connectivity index (χ2v) is 9.41. The van der Waals surface area contributed by atoms with E-state index in [0.29, 0.717) is 24.0 Å². The number of carbonyl (C=O) groups excluding carboxylic acids is 2. The third-order valence-corrected chi connectivity index (χ3v) is 7.77. The molecule has 1 aliphatic heterocycles. The number of hydrogen-bond donors (Lipinski definition) is 2. The van der Waals surface area contributed by atoms with Crippen LogP contribution in [-0.2, 0) is 19.1 Å². The highest BCUT2D eigenvalue weighted by molar-refractivity contribution is 6.22. The third kappa shape index (κ3) is 3.00. The molecule has 0 saturated heterocycles. The van der Waals surface area contributed by atoms with E-state index in [2.05, 4.69) is 0 Å². The zero-order valence-corrected chi connectivity index (χ0v) is 17.2. The summed E-state index contributed by atoms with van der Waals surface area (Å²) in [4.78, 5) is 25.0. The third-order valence-electron chi connectivity index (χ3n) is 7.34. The lowest BCUT2D eigenvalue weighted by atomic mass is 9.52. The van der Waals surface area contributed by atoms with Crippen molar-refractivity contribution in [1.82, 2.24) is 0 Å². The van der Waals surface area contributed by atoms with Gasteiger partial charge in [0.05, 0.1) is 11.5 Å². The molecule has 0 aromatic carbocycles. The summed E-state index contributed by atoms with van der Waals surface area (Å²) in [5.41, 5.74) is -1.33. The molecule has 2 fully saturated rings. The van der Waals surface area contributed by atoms with Crippen molar-refractivity contribution >= 4 is 23.5 Å². The Morgan fingerprint density at radius 3 is 2.67 bits per heavy atom. The summed E-state index contributed by atoms with van der Waals surface area (Å²) in [6, 6.07) is 0. The fourth-order valence-corrected chi connectivity index (χ4v) is 4.99. The molecule has 6 nitrogen and oxygen atoms in total. The number of aliphatic hydroxyl groups is 2. The quantitative estimate of drug-likeness (QED) is 0.558. The maximum Gasteiger partial charge on any atom is 0.339 e. The Bertz CT molecular complexity index is 684. The van der Waals surface area contributed by atoms with Gasteiger partial charge in [-0.2, -0.15) is 0 Å². The van der Waals surface area contributed by atoms with Gasteiger partial charge in [0.15, 0.2) is 5.60 Å². The molecule has 7 heteroatoms. The average molecular weight is 401 g/mol. The van der Waals surface area contributed by atoms with Crippen molar-refractivity contribution in [2.45, 2.75) is 83.2 Å². The van der Waals surface area contributed by atoms with Crippen molar-refractivity contribution in [3.05, 3.63) is 11.1 Å². The van der Waals surface area contributed by atoms with E-state index < -0.39 is 46.6 Å². The van der Waals surface area contributed by atoms with Gasteiger partial charge in [0.25, 0.3) is 0 Å². The molecule has 0 spiro atoms. The van der Waals surface area contributed by atoms with Crippen LogP contribution in [0.5, 0.6) is 0 Å². The molecule has 8 unspecified atom stereocenters. The average Bonchev–Trinajstić information content (AvgIpc) is 2.87. The number of ether oxygens (including phenoxy) is 2. The van der Waals surface area contributed by atoms with E-state index in [0.717, 1.165) is 6.42 Å². The Labute approximate surface area is 164 Å². The fourth-order valence-electron chi connectivity index (χ4n) is 4.90. The van der Waals surface area contributed by atoms with Crippen molar-refractivity contribution in [2.75, 3.05) is 0 Å². The zero-order chi connectivity index (χ0) is 20.3. The summed E-state index contributed by atoms with van der Waals surface area (Å²) in [7, 11) is 0. The number of hydrogen-bond acceptors (Lipinski definition) is 6. The minimum atomic E-state index is -1.87. The van der Waals surface area contributed by atoms with E-state index in [9.17, 15) is 19.8 Å². The Morgan fingerprint density at radius 1 is 1.44 bits per heavy atom. The summed E-state index contributed by atoms with van der Waals surface area (Å²) in [5, 5.41) is 20.1. The number of alkyl halides is 1. The second-order valence-electron chi connectivity index (χ2n) is 8.76. The minimum Gasteiger partial charge on any atom is -0.455 e. The van der Waals surface area contributed by atoms with Gasteiger partial charge in [-0.3, -0.25) is 0 Å². The van der Waals surface area contributed by atoms with Crippen LogP contribution in [0.25, 0.3) is 0 Å². The van der Waals surface area contributed by atoms with Crippen LogP contribution in [-0.4, -0.2) is 51.4 Å². The summed E-state index contributed by atoms with van der Waals surface area (Å²) in [6.45, 7) is 8.48. The van der Waals surface area contributed by atoms with Crippen LogP contribution in [0.3, 0.4) is 0 Å². The first kappa shape index (κ1) is 20.6. The number of aliphatic hydroxyl groups excluding tert-OH is 1. The summed E-state index contributed by atoms with van der Waals surface area (Å²) < 4.78 is 11.4. The normalized spacial score (nSPS) is 41.9. The standard InChI is InChI=1S/C20H29ClO6/c1-9-15-14(26-17(9)23)8-12-6-7-13(22)10(2)19(12,4)16(15)27-18(24)20(5,25)11(3)21/h10-14,16,22,25H,6-8H2,1-5H3. The molecule has 3 rings (SSSR count). The van der Waals surface area contributed by atoms with Crippen LogP contribution in [0.15, 0.2) is 11.1 Å². The number of carbonyl (C=O) groups is 2. The van der Waals surface area contributed by atoms with E-state index in [1.165, 1.54) is 13.8 Å². The molecule has 2 aliphatic carbocycles.